The molecule has 1 aliphatic heterocycles. The van der Waals surface area contributed by atoms with Crippen molar-refractivity contribution in [2.24, 2.45) is 11.2 Å². The molecule has 0 aromatic carbocycles. The molecule has 1 heterocycles. The number of hydrogen-bond acceptors (Lipinski definition) is 6. The fourth-order valence-electron chi connectivity index (χ4n) is 2.26. The van der Waals surface area contributed by atoms with Crippen LogP contribution in [0, 0.1) is 0 Å². The van der Waals surface area contributed by atoms with Gasteiger partial charge in [0.05, 0.1) is 0 Å². The summed E-state index contributed by atoms with van der Waals surface area (Å²) >= 11 is 0. The quantitative estimate of drug-likeness (QED) is 0.402. The predicted octanol–water partition coefficient (Wildman–Crippen LogP) is -1.53. The zero-order valence-electron chi connectivity index (χ0n) is 13.0. The van der Waals surface area contributed by atoms with Crippen molar-refractivity contribution in [3.8, 4) is 0 Å². The number of ether oxygens (including phenoxy) is 1. The second-order valence-electron chi connectivity index (χ2n) is 6.51. The SMILES string of the molecule is [B][C@H]1CN(P)C[C@@H](CB(O)P(C)(C)(N)N(C)CC(N)=O)O1. The van der Waals surface area contributed by atoms with Crippen molar-refractivity contribution in [1.82, 2.24) is 9.34 Å². The summed E-state index contributed by atoms with van der Waals surface area (Å²) in [6.07, 6.45) is 0.163. The first-order chi connectivity index (χ1) is 9.40. The van der Waals surface area contributed by atoms with Crippen LogP contribution in [0.2, 0.25) is 6.32 Å². The standard InChI is InChI=1S/C10H26B2N4O3P2/c1-15(7-10(13)17)21(2,3,14)12(18)4-8-5-16(20)6-9(11)19-8/h8-9,18H,4-7,14,20H2,1-3H3,(H2,13,17)/t8-,9-/m1/s1. The van der Waals surface area contributed by atoms with Crippen LogP contribution in [-0.4, -0.2) is 86.9 Å². The summed E-state index contributed by atoms with van der Waals surface area (Å²) < 4.78 is 9.31. The number of rotatable bonds is 6. The van der Waals surface area contributed by atoms with E-state index in [0.717, 1.165) is 0 Å². The summed E-state index contributed by atoms with van der Waals surface area (Å²) in [6.45, 7) is 0.970. The average molecular weight is 334 g/mol. The number of carbonyl (C=O) groups is 1. The Kier molecular flexibility index (Phi) is 6.25. The van der Waals surface area contributed by atoms with Crippen LogP contribution in [0.4, 0.5) is 0 Å². The van der Waals surface area contributed by atoms with E-state index in [9.17, 15) is 9.82 Å². The minimum absolute atomic E-state index is 0.0131. The summed E-state index contributed by atoms with van der Waals surface area (Å²) in [5.41, 5.74) is 11.7. The molecule has 1 amide bonds. The molecule has 0 aromatic rings. The third-order valence-electron chi connectivity index (χ3n) is 4.06. The molecule has 1 unspecified atom stereocenters. The Hall–Kier alpha value is 0.260. The molecule has 120 valence electrons. The molecule has 1 rings (SSSR count). The summed E-state index contributed by atoms with van der Waals surface area (Å²) in [5.74, 6) is -0.472. The van der Waals surface area contributed by atoms with Crippen LogP contribution in [-0.2, 0) is 9.53 Å². The molecule has 11 heteroatoms. The van der Waals surface area contributed by atoms with Crippen LogP contribution in [0.15, 0.2) is 0 Å². The van der Waals surface area contributed by atoms with Gasteiger partial charge in [0.2, 0.25) is 0 Å². The molecule has 2 radical (unpaired) electrons. The summed E-state index contributed by atoms with van der Waals surface area (Å²) in [4.78, 5) is 11.1. The molecule has 0 spiro atoms. The number of carbonyl (C=O) groups excluding carboxylic acids is 1. The Morgan fingerprint density at radius 2 is 2.19 bits per heavy atom. The Balaban J connectivity index is 2.75. The van der Waals surface area contributed by atoms with E-state index >= 15 is 0 Å². The van der Waals surface area contributed by atoms with Crippen LogP contribution in [0.3, 0.4) is 0 Å². The van der Waals surface area contributed by atoms with Gasteiger partial charge in [0, 0.05) is 0 Å². The molecule has 7 nitrogen and oxygen atoms in total. The molecular formula is C10H26B2N4O3P2. The van der Waals surface area contributed by atoms with Crippen molar-refractivity contribution in [2.75, 3.05) is 40.0 Å². The number of nitrogens with zero attached hydrogens (tertiary/aromatic N) is 2. The van der Waals surface area contributed by atoms with E-state index in [4.69, 9.17) is 23.8 Å². The van der Waals surface area contributed by atoms with Crippen LogP contribution in [0.25, 0.3) is 0 Å². The molecule has 0 aromatic heterocycles. The second kappa shape index (κ2) is 6.79. The first-order valence-electron chi connectivity index (χ1n) is 6.81. The predicted molar refractivity (Wildman–Crippen MR) is 93.3 cm³/mol. The fourth-order valence-corrected chi connectivity index (χ4v) is 4.62. The molecule has 1 fully saturated rings. The van der Waals surface area contributed by atoms with Crippen LogP contribution >= 0.6 is 16.2 Å². The van der Waals surface area contributed by atoms with Gasteiger partial charge in [-0.15, -0.1) is 0 Å². The summed E-state index contributed by atoms with van der Waals surface area (Å²) in [5, 5.41) is 10.6. The van der Waals surface area contributed by atoms with E-state index in [0.29, 0.717) is 19.4 Å². The fraction of sp³-hybridized carbons (Fsp3) is 0.900. The molecule has 5 N–H and O–H groups in total. The van der Waals surface area contributed by atoms with Crippen LogP contribution in [0.1, 0.15) is 0 Å². The Labute approximate surface area is 130 Å². The van der Waals surface area contributed by atoms with Crippen LogP contribution < -0.4 is 11.2 Å². The zero-order chi connectivity index (χ0) is 16.4. The Morgan fingerprint density at radius 3 is 2.67 bits per heavy atom. The minimum atomic E-state index is -3.14. The van der Waals surface area contributed by atoms with Gasteiger partial charge in [-0.1, -0.05) is 0 Å². The van der Waals surface area contributed by atoms with Gasteiger partial charge in [0.1, 0.15) is 0 Å². The maximum atomic E-state index is 11.1. The number of amides is 1. The van der Waals surface area contributed by atoms with Gasteiger partial charge >= 0.3 is 130 Å². The number of primary amides is 1. The van der Waals surface area contributed by atoms with Gasteiger partial charge in [0.25, 0.3) is 0 Å². The van der Waals surface area contributed by atoms with E-state index in [1.54, 1.807) is 25.0 Å². The molecule has 1 saturated heterocycles. The Morgan fingerprint density at radius 1 is 1.62 bits per heavy atom. The first kappa shape index (κ1) is 19.3. The topological polar surface area (TPSA) is 105 Å². The van der Waals surface area contributed by atoms with Crippen molar-refractivity contribution in [3.63, 3.8) is 0 Å². The van der Waals surface area contributed by atoms with Crippen molar-refractivity contribution < 1.29 is 14.6 Å². The van der Waals surface area contributed by atoms with Crippen molar-refractivity contribution in [3.05, 3.63) is 0 Å². The maximum absolute atomic E-state index is 11.1. The second-order valence-corrected chi connectivity index (χ2v) is 13.0. The Bertz CT molecular complexity index is 386. The number of nitrogens with two attached hydrogens (primary N) is 2. The summed E-state index contributed by atoms with van der Waals surface area (Å²) in [7, 11) is 10.1. The molecule has 0 aliphatic carbocycles. The van der Waals surface area contributed by atoms with Crippen molar-refractivity contribution in [2.45, 2.75) is 18.4 Å². The molecule has 21 heavy (non-hydrogen) atoms. The van der Waals surface area contributed by atoms with Gasteiger partial charge in [-0.2, -0.15) is 0 Å². The summed E-state index contributed by atoms with van der Waals surface area (Å²) in [6, 6.07) is -0.380. The van der Waals surface area contributed by atoms with E-state index in [1.165, 1.54) is 0 Å². The number of hydrogen-bond donors (Lipinski definition) is 3. The normalized spacial score (nSPS) is 26.3. The third kappa shape index (κ3) is 5.14. The van der Waals surface area contributed by atoms with Gasteiger partial charge in [0.15, 0.2) is 0 Å². The molecular weight excluding hydrogens is 308 g/mol. The van der Waals surface area contributed by atoms with Gasteiger partial charge in [-0.3, -0.25) is 0 Å². The average Bonchev–Trinajstić information content (AvgIpc) is 2.25. The van der Waals surface area contributed by atoms with E-state index < -0.39 is 19.3 Å². The zero-order valence-corrected chi connectivity index (χ0v) is 15.0. The number of likely N-dealkylation sites (N-methyl/N-ethyl adjacent to an activating group) is 1. The molecule has 3 atom stereocenters. The third-order valence-corrected chi connectivity index (χ3v) is 8.79. The van der Waals surface area contributed by atoms with Crippen molar-refractivity contribution >= 4 is 36.6 Å². The van der Waals surface area contributed by atoms with E-state index in [-0.39, 0.29) is 18.7 Å². The number of morpholine rings is 1. The van der Waals surface area contributed by atoms with Gasteiger partial charge < -0.3 is 0 Å². The molecule has 0 bridgehead atoms. The van der Waals surface area contributed by atoms with Crippen molar-refractivity contribution in [1.29, 1.82) is 0 Å². The molecule has 1 aliphatic rings. The molecule has 0 saturated carbocycles. The van der Waals surface area contributed by atoms with Gasteiger partial charge in [-0.05, 0) is 0 Å². The van der Waals surface area contributed by atoms with Crippen LogP contribution in [0.5, 0.6) is 0 Å². The first-order valence-corrected chi connectivity index (χ1v) is 10.5. The monoisotopic (exact) mass is 334 g/mol. The van der Waals surface area contributed by atoms with E-state index in [1.807, 2.05) is 4.67 Å². The van der Waals surface area contributed by atoms with E-state index in [2.05, 4.69) is 9.39 Å². The van der Waals surface area contributed by atoms with Gasteiger partial charge in [-0.25, -0.2) is 0 Å².